The molecule has 0 amide bonds. The zero-order valence-electron chi connectivity index (χ0n) is 9.07. The first-order valence-electron chi connectivity index (χ1n) is 4.35. The van der Waals surface area contributed by atoms with E-state index >= 15 is 0 Å². The average molecular weight is 266 g/mol. The Morgan fingerprint density at radius 1 is 1.12 bits per heavy atom. The Labute approximate surface area is 102 Å². The quantitative estimate of drug-likeness (QED) is 0.490. The summed E-state index contributed by atoms with van der Waals surface area (Å²) in [6.07, 6.45) is 2.13. The van der Waals surface area contributed by atoms with Gasteiger partial charge >= 0.3 is 17.9 Å². The normalized spacial score (nSPS) is 11.4. The second-order valence-corrected chi connectivity index (χ2v) is 3.63. The summed E-state index contributed by atoms with van der Waals surface area (Å²) in [6.45, 7) is 0. The van der Waals surface area contributed by atoms with Gasteiger partial charge in [0, 0.05) is 12.2 Å². The predicted octanol–water partition coefficient (Wildman–Crippen LogP) is -0.103. The van der Waals surface area contributed by atoms with E-state index in [-0.39, 0.29) is 0 Å². The lowest BCUT2D eigenvalue weighted by molar-refractivity contribution is -0.146. The molecule has 98 valence electrons. The van der Waals surface area contributed by atoms with E-state index in [0.29, 0.717) is 24.3 Å². The number of carboxylic acid groups (broad SMARTS) is 3. The number of aliphatic carboxylic acids is 3. The maximum atomic E-state index is 9.95. The molecule has 8 heteroatoms. The highest BCUT2D eigenvalue weighted by Crippen LogP contribution is 1.99. The number of aliphatic hydroxyl groups excluding tert-OH is 1. The van der Waals surface area contributed by atoms with Gasteiger partial charge in [-0.25, -0.2) is 14.4 Å². The molecule has 0 aromatic heterocycles. The summed E-state index contributed by atoms with van der Waals surface area (Å²) in [7, 11) is 0. The van der Waals surface area contributed by atoms with Gasteiger partial charge in [0.25, 0.3) is 0 Å². The number of thioether (sulfide) groups is 1. The van der Waals surface area contributed by atoms with Crippen LogP contribution in [0.1, 0.15) is 6.42 Å². The third-order valence-corrected chi connectivity index (χ3v) is 1.89. The van der Waals surface area contributed by atoms with Crippen molar-refractivity contribution in [1.29, 1.82) is 0 Å². The summed E-state index contributed by atoms with van der Waals surface area (Å²) in [5.41, 5.74) is 0. The van der Waals surface area contributed by atoms with Gasteiger partial charge in [-0.05, 0) is 18.4 Å². The van der Waals surface area contributed by atoms with E-state index in [1.165, 1.54) is 11.8 Å². The maximum Gasteiger partial charge on any atom is 0.332 e. The molecule has 0 spiro atoms. The van der Waals surface area contributed by atoms with Gasteiger partial charge in [-0.15, -0.1) is 0 Å². The monoisotopic (exact) mass is 266 g/mol. The van der Waals surface area contributed by atoms with Crippen LogP contribution in [0.15, 0.2) is 12.2 Å². The molecule has 1 atom stereocenters. The third-order valence-electron chi connectivity index (χ3n) is 1.25. The molecule has 0 saturated carbocycles. The Bertz CT molecular complexity index is 271. The Balaban J connectivity index is 0. The minimum absolute atomic E-state index is 0.330. The Kier molecular flexibility index (Phi) is 11.5. The highest BCUT2D eigenvalue weighted by Gasteiger charge is 2.10. The standard InChI is InChI=1S/C5H10O3S.C4H4O4/c1-9-3-2-4(6)5(7)8;5-3(6)1-2-4(7)8/h4,6H,2-3H2,1H3,(H,7,8);1-2H,(H,5,6)(H,7,8)/b;2-1+. The molecule has 4 N–H and O–H groups in total. The van der Waals surface area contributed by atoms with Crippen molar-refractivity contribution in [1.82, 2.24) is 0 Å². The van der Waals surface area contributed by atoms with Crippen molar-refractivity contribution < 1.29 is 34.8 Å². The molecule has 0 fully saturated rings. The predicted molar refractivity (Wildman–Crippen MR) is 61.1 cm³/mol. The fraction of sp³-hybridized carbons (Fsp3) is 0.444. The first-order valence-corrected chi connectivity index (χ1v) is 5.74. The first-order chi connectivity index (χ1) is 7.81. The number of rotatable bonds is 6. The first kappa shape index (κ1) is 17.8. The van der Waals surface area contributed by atoms with E-state index < -0.39 is 24.0 Å². The fourth-order valence-corrected chi connectivity index (χ4v) is 0.954. The van der Waals surface area contributed by atoms with Crippen LogP contribution >= 0.6 is 11.8 Å². The molecule has 0 radical (unpaired) electrons. The Morgan fingerprint density at radius 2 is 1.53 bits per heavy atom. The second kappa shape index (κ2) is 11.0. The summed E-state index contributed by atoms with van der Waals surface area (Å²) in [5.74, 6) is -2.96. The van der Waals surface area contributed by atoms with Crippen LogP contribution in [0.25, 0.3) is 0 Å². The van der Waals surface area contributed by atoms with Crippen molar-refractivity contribution in [3.05, 3.63) is 12.2 Å². The van der Waals surface area contributed by atoms with E-state index in [4.69, 9.17) is 20.4 Å². The second-order valence-electron chi connectivity index (χ2n) is 2.65. The van der Waals surface area contributed by atoms with Gasteiger partial charge < -0.3 is 20.4 Å². The van der Waals surface area contributed by atoms with Gasteiger partial charge in [0.05, 0.1) is 0 Å². The summed E-state index contributed by atoms with van der Waals surface area (Å²) < 4.78 is 0. The van der Waals surface area contributed by atoms with Crippen molar-refractivity contribution in [2.75, 3.05) is 12.0 Å². The van der Waals surface area contributed by atoms with Crippen LogP contribution in [0, 0.1) is 0 Å². The van der Waals surface area contributed by atoms with Crippen LogP contribution in [0.2, 0.25) is 0 Å². The van der Waals surface area contributed by atoms with Crippen molar-refractivity contribution >= 4 is 29.7 Å². The molecule has 0 aromatic rings. The minimum atomic E-state index is -1.26. The van der Waals surface area contributed by atoms with Crippen LogP contribution in [0.3, 0.4) is 0 Å². The van der Waals surface area contributed by atoms with E-state index in [1.54, 1.807) is 0 Å². The van der Waals surface area contributed by atoms with Gasteiger partial charge in [0.15, 0.2) is 6.10 Å². The van der Waals surface area contributed by atoms with Crippen LogP contribution in [-0.2, 0) is 14.4 Å². The van der Waals surface area contributed by atoms with E-state index in [2.05, 4.69) is 0 Å². The van der Waals surface area contributed by atoms with Gasteiger partial charge in [0.1, 0.15) is 0 Å². The highest BCUT2D eigenvalue weighted by molar-refractivity contribution is 7.98. The third kappa shape index (κ3) is 17.1. The molecule has 0 heterocycles. The molecular formula is C9H14O7S. The number of hydrogen-bond donors (Lipinski definition) is 4. The smallest absolute Gasteiger partial charge is 0.332 e. The molecule has 0 rings (SSSR count). The highest BCUT2D eigenvalue weighted by atomic mass is 32.2. The summed E-state index contributed by atoms with van der Waals surface area (Å²) in [5, 5.41) is 32.4. The molecule has 0 aliphatic rings. The fourth-order valence-electron chi connectivity index (χ4n) is 0.496. The number of aliphatic hydroxyl groups is 1. The molecular weight excluding hydrogens is 252 g/mol. The minimum Gasteiger partial charge on any atom is -0.479 e. The van der Waals surface area contributed by atoms with E-state index in [0.717, 1.165) is 0 Å². The Morgan fingerprint density at radius 3 is 1.76 bits per heavy atom. The van der Waals surface area contributed by atoms with Gasteiger partial charge in [0.2, 0.25) is 0 Å². The van der Waals surface area contributed by atoms with Crippen molar-refractivity contribution in [3.8, 4) is 0 Å². The molecule has 0 saturated heterocycles. The van der Waals surface area contributed by atoms with Crippen molar-refractivity contribution in [2.24, 2.45) is 0 Å². The van der Waals surface area contributed by atoms with Crippen LogP contribution in [0.4, 0.5) is 0 Å². The molecule has 17 heavy (non-hydrogen) atoms. The van der Waals surface area contributed by atoms with Gasteiger partial charge in [-0.3, -0.25) is 0 Å². The summed E-state index contributed by atoms with van der Waals surface area (Å²) in [4.78, 5) is 29.1. The molecule has 0 aliphatic heterocycles. The maximum absolute atomic E-state index is 9.95. The number of carboxylic acids is 3. The number of carbonyl (C=O) groups is 3. The van der Waals surface area contributed by atoms with Crippen LogP contribution in [0.5, 0.6) is 0 Å². The van der Waals surface area contributed by atoms with E-state index in [1.807, 2.05) is 6.26 Å². The summed E-state index contributed by atoms with van der Waals surface area (Å²) >= 11 is 1.52. The van der Waals surface area contributed by atoms with E-state index in [9.17, 15) is 14.4 Å². The van der Waals surface area contributed by atoms with Gasteiger partial charge in [-0.1, -0.05) is 0 Å². The molecule has 7 nitrogen and oxygen atoms in total. The average Bonchev–Trinajstić information content (AvgIpc) is 2.23. The van der Waals surface area contributed by atoms with Crippen LogP contribution in [-0.4, -0.2) is 56.4 Å². The van der Waals surface area contributed by atoms with Gasteiger partial charge in [-0.2, -0.15) is 11.8 Å². The lowest BCUT2D eigenvalue weighted by Gasteiger charge is -2.01. The molecule has 0 aromatic carbocycles. The topological polar surface area (TPSA) is 132 Å². The lowest BCUT2D eigenvalue weighted by Crippen LogP contribution is -2.19. The Hall–Kier alpha value is -1.54. The number of hydrogen-bond acceptors (Lipinski definition) is 5. The summed E-state index contributed by atoms with van der Waals surface area (Å²) in [6, 6.07) is 0. The van der Waals surface area contributed by atoms with Crippen molar-refractivity contribution in [2.45, 2.75) is 12.5 Å². The largest absolute Gasteiger partial charge is 0.479 e. The molecule has 0 aliphatic carbocycles. The van der Waals surface area contributed by atoms with Crippen molar-refractivity contribution in [3.63, 3.8) is 0 Å². The SMILES string of the molecule is CSCCC(O)C(=O)O.O=C(O)/C=C/C(=O)O. The molecule has 1 unspecified atom stereocenters. The zero-order chi connectivity index (χ0) is 13.8. The van der Waals surface area contributed by atoms with Crippen LogP contribution < -0.4 is 0 Å². The molecule has 0 bridgehead atoms. The lowest BCUT2D eigenvalue weighted by atomic mass is 10.3. The zero-order valence-corrected chi connectivity index (χ0v) is 9.88.